The quantitative estimate of drug-likeness (QED) is 0.188. The molecule has 0 saturated carbocycles. The lowest BCUT2D eigenvalue weighted by Gasteiger charge is -2.28. The molecular formula is C34H34FN3O3. The molecule has 7 heteroatoms. The number of hydrogen-bond donors (Lipinski definition) is 1. The summed E-state index contributed by atoms with van der Waals surface area (Å²) < 4.78 is 18.8. The number of fused-ring (bicyclic) bond motifs is 2. The van der Waals surface area contributed by atoms with Crippen LogP contribution < -0.4 is 0 Å². The Hall–Kier alpha value is -4.49. The lowest BCUT2D eigenvalue weighted by molar-refractivity contribution is -0.132. The van der Waals surface area contributed by atoms with Gasteiger partial charge in [-0.25, -0.2) is 4.39 Å². The number of carbonyl (C=O) groups excluding carboxylic acids is 2. The summed E-state index contributed by atoms with van der Waals surface area (Å²) in [6.07, 6.45) is 3.22. The number of para-hydroxylation sites is 1. The SMILES string of the molecule is COCCCN(CC(=O)N(CCc1c[nH]c2ccccc12)Cc1ccc(F)cc1)C(=O)c1cccc2ccccc12. The fourth-order valence-corrected chi connectivity index (χ4v) is 5.19. The second-order valence-electron chi connectivity index (χ2n) is 10.2. The van der Waals surface area contributed by atoms with E-state index in [4.69, 9.17) is 4.74 Å². The average Bonchev–Trinajstić information content (AvgIpc) is 3.42. The molecule has 0 radical (unpaired) electrons. The van der Waals surface area contributed by atoms with E-state index >= 15 is 0 Å². The number of aromatic nitrogens is 1. The molecule has 41 heavy (non-hydrogen) atoms. The van der Waals surface area contributed by atoms with Crippen LogP contribution in [0.15, 0.2) is 97.2 Å². The third-order valence-electron chi connectivity index (χ3n) is 7.38. The fraction of sp³-hybridized carbons (Fsp3) is 0.235. The first-order valence-corrected chi connectivity index (χ1v) is 13.9. The van der Waals surface area contributed by atoms with Gasteiger partial charge in [0.05, 0.1) is 0 Å². The average molecular weight is 552 g/mol. The molecule has 1 N–H and O–H groups in total. The molecule has 0 atom stereocenters. The van der Waals surface area contributed by atoms with Gasteiger partial charge in [0.1, 0.15) is 12.4 Å². The number of nitrogens with zero attached hydrogens (tertiary/aromatic N) is 2. The van der Waals surface area contributed by atoms with Crippen molar-refractivity contribution >= 4 is 33.5 Å². The summed E-state index contributed by atoms with van der Waals surface area (Å²) in [5.74, 6) is -0.680. The highest BCUT2D eigenvalue weighted by atomic mass is 19.1. The predicted molar refractivity (Wildman–Crippen MR) is 160 cm³/mol. The van der Waals surface area contributed by atoms with Crippen LogP contribution in [0.4, 0.5) is 4.39 Å². The molecule has 2 amide bonds. The van der Waals surface area contributed by atoms with Gasteiger partial charge < -0.3 is 19.5 Å². The molecule has 6 nitrogen and oxygen atoms in total. The van der Waals surface area contributed by atoms with Crippen LogP contribution in [0.1, 0.15) is 27.9 Å². The highest BCUT2D eigenvalue weighted by molar-refractivity contribution is 6.07. The lowest BCUT2D eigenvalue weighted by Crippen LogP contribution is -2.44. The van der Waals surface area contributed by atoms with Gasteiger partial charge in [0.15, 0.2) is 0 Å². The van der Waals surface area contributed by atoms with Crippen molar-refractivity contribution in [3.8, 4) is 0 Å². The van der Waals surface area contributed by atoms with E-state index in [1.807, 2.05) is 66.9 Å². The minimum absolute atomic E-state index is 0.0686. The summed E-state index contributed by atoms with van der Waals surface area (Å²) in [7, 11) is 1.62. The smallest absolute Gasteiger partial charge is 0.254 e. The maximum atomic E-state index is 13.9. The highest BCUT2D eigenvalue weighted by Gasteiger charge is 2.24. The van der Waals surface area contributed by atoms with Crippen molar-refractivity contribution in [2.45, 2.75) is 19.4 Å². The van der Waals surface area contributed by atoms with Crippen LogP contribution in [0.25, 0.3) is 21.7 Å². The molecule has 210 valence electrons. The number of carbonyl (C=O) groups is 2. The van der Waals surface area contributed by atoms with Crippen molar-refractivity contribution in [3.63, 3.8) is 0 Å². The van der Waals surface area contributed by atoms with Gasteiger partial charge in [-0.1, -0.05) is 66.7 Å². The Morgan fingerprint density at radius 1 is 0.829 bits per heavy atom. The lowest BCUT2D eigenvalue weighted by atomic mass is 10.0. The first-order valence-electron chi connectivity index (χ1n) is 13.9. The maximum absolute atomic E-state index is 13.9. The van der Waals surface area contributed by atoms with Crippen LogP contribution >= 0.6 is 0 Å². The van der Waals surface area contributed by atoms with Gasteiger partial charge >= 0.3 is 0 Å². The van der Waals surface area contributed by atoms with E-state index in [0.717, 1.165) is 32.8 Å². The molecule has 0 aliphatic carbocycles. The van der Waals surface area contributed by atoms with Crippen molar-refractivity contribution in [3.05, 3.63) is 120 Å². The molecule has 4 aromatic carbocycles. The predicted octanol–water partition coefficient (Wildman–Crippen LogP) is 6.21. The van der Waals surface area contributed by atoms with Crippen molar-refractivity contribution in [2.75, 3.05) is 33.4 Å². The molecule has 1 heterocycles. The van der Waals surface area contributed by atoms with Gasteiger partial charge in [-0.2, -0.15) is 0 Å². The summed E-state index contributed by atoms with van der Waals surface area (Å²) in [4.78, 5) is 34.4. The van der Waals surface area contributed by atoms with Gasteiger partial charge in [0.2, 0.25) is 5.91 Å². The molecule has 0 saturated heterocycles. The van der Waals surface area contributed by atoms with E-state index in [2.05, 4.69) is 11.1 Å². The van der Waals surface area contributed by atoms with E-state index in [1.165, 1.54) is 12.1 Å². The molecule has 0 fully saturated rings. The largest absolute Gasteiger partial charge is 0.385 e. The third kappa shape index (κ3) is 6.81. The fourth-order valence-electron chi connectivity index (χ4n) is 5.19. The highest BCUT2D eigenvalue weighted by Crippen LogP contribution is 2.22. The topological polar surface area (TPSA) is 65.6 Å². The first-order chi connectivity index (χ1) is 20.0. The maximum Gasteiger partial charge on any atom is 0.254 e. The number of rotatable bonds is 12. The summed E-state index contributed by atoms with van der Waals surface area (Å²) in [6.45, 7) is 1.56. The Morgan fingerprint density at radius 3 is 2.37 bits per heavy atom. The Balaban J connectivity index is 1.39. The molecular weight excluding hydrogens is 517 g/mol. The molecule has 0 spiro atoms. The summed E-state index contributed by atoms with van der Waals surface area (Å²) in [6, 6.07) is 27.7. The second kappa shape index (κ2) is 13.2. The van der Waals surface area contributed by atoms with E-state index in [9.17, 15) is 14.0 Å². The Bertz CT molecular complexity index is 1620. The minimum atomic E-state index is -0.324. The normalized spacial score (nSPS) is 11.2. The van der Waals surface area contributed by atoms with Gasteiger partial charge in [0, 0.05) is 56.0 Å². The van der Waals surface area contributed by atoms with Crippen LogP contribution in [0.2, 0.25) is 0 Å². The summed E-state index contributed by atoms with van der Waals surface area (Å²) in [5, 5.41) is 2.94. The zero-order valence-corrected chi connectivity index (χ0v) is 23.2. The number of amides is 2. The van der Waals surface area contributed by atoms with Crippen molar-refractivity contribution in [2.24, 2.45) is 0 Å². The monoisotopic (exact) mass is 551 g/mol. The van der Waals surface area contributed by atoms with Crippen LogP contribution in [-0.4, -0.2) is 59.9 Å². The van der Waals surface area contributed by atoms with E-state index in [0.29, 0.717) is 44.6 Å². The van der Waals surface area contributed by atoms with Crippen LogP contribution in [0, 0.1) is 5.82 Å². The number of methoxy groups -OCH3 is 1. The number of ether oxygens (including phenoxy) is 1. The van der Waals surface area contributed by atoms with Crippen LogP contribution in [-0.2, 0) is 22.5 Å². The van der Waals surface area contributed by atoms with Crippen molar-refractivity contribution < 1.29 is 18.7 Å². The summed E-state index contributed by atoms with van der Waals surface area (Å²) in [5.41, 5.74) is 3.55. The van der Waals surface area contributed by atoms with Crippen molar-refractivity contribution in [1.82, 2.24) is 14.8 Å². The Kier molecular flexibility index (Phi) is 9.06. The second-order valence-corrected chi connectivity index (χ2v) is 10.2. The molecule has 0 unspecified atom stereocenters. The first kappa shape index (κ1) is 28.1. The van der Waals surface area contributed by atoms with Crippen LogP contribution in [0.5, 0.6) is 0 Å². The number of halogens is 1. The third-order valence-corrected chi connectivity index (χ3v) is 7.38. The molecule has 0 aliphatic rings. The number of hydrogen-bond acceptors (Lipinski definition) is 3. The summed E-state index contributed by atoms with van der Waals surface area (Å²) >= 11 is 0. The zero-order chi connectivity index (χ0) is 28.6. The molecule has 0 bridgehead atoms. The van der Waals surface area contributed by atoms with Gasteiger partial charge in [-0.3, -0.25) is 9.59 Å². The number of H-pyrrole nitrogens is 1. The number of nitrogens with one attached hydrogen (secondary N) is 1. The Morgan fingerprint density at radius 2 is 1.56 bits per heavy atom. The van der Waals surface area contributed by atoms with Crippen molar-refractivity contribution in [1.29, 1.82) is 0 Å². The van der Waals surface area contributed by atoms with E-state index in [1.54, 1.807) is 29.0 Å². The minimum Gasteiger partial charge on any atom is -0.385 e. The molecule has 1 aromatic heterocycles. The van der Waals surface area contributed by atoms with E-state index in [-0.39, 0.29) is 24.2 Å². The Labute approximate surface area is 239 Å². The zero-order valence-electron chi connectivity index (χ0n) is 23.2. The van der Waals surface area contributed by atoms with Gasteiger partial charge in [0.25, 0.3) is 5.91 Å². The van der Waals surface area contributed by atoms with Gasteiger partial charge in [-0.15, -0.1) is 0 Å². The van der Waals surface area contributed by atoms with E-state index < -0.39 is 0 Å². The number of aromatic amines is 1. The number of benzene rings is 4. The molecule has 5 aromatic rings. The standard InChI is InChI=1S/C34H34FN3O3/c1-41-21-7-19-38(34(40)31-12-6-9-26-8-2-3-10-29(26)31)24-33(39)37(23-25-14-16-28(35)17-15-25)20-18-27-22-36-32-13-5-4-11-30(27)32/h2-6,8-17,22,36H,7,18-21,23-24H2,1H3. The van der Waals surface area contributed by atoms with Crippen LogP contribution in [0.3, 0.4) is 0 Å². The molecule has 0 aliphatic heterocycles. The molecule has 5 rings (SSSR count). The van der Waals surface area contributed by atoms with Gasteiger partial charge in [-0.05, 0) is 59.0 Å².